The first kappa shape index (κ1) is 20.2. The molecule has 0 heterocycles. The molecule has 0 aromatic rings. The van der Waals surface area contributed by atoms with Gasteiger partial charge in [0, 0.05) is 11.8 Å². The number of hydrogen-bond acceptors (Lipinski definition) is 4. The van der Waals surface area contributed by atoms with E-state index < -0.39 is 5.97 Å². The van der Waals surface area contributed by atoms with E-state index in [2.05, 4.69) is 5.32 Å². The number of carbonyl (C=O) groups is 3. The number of rotatable bonds is 7. The lowest BCUT2D eigenvalue weighted by atomic mass is 9.48. The Morgan fingerprint density at radius 2 is 1.16 bits per heavy atom. The summed E-state index contributed by atoms with van der Waals surface area (Å²) in [7, 11) is 0. The van der Waals surface area contributed by atoms with Gasteiger partial charge in [-0.1, -0.05) is 0 Å². The second-order valence-corrected chi connectivity index (χ2v) is 12.7. The second-order valence-electron chi connectivity index (χ2n) is 12.7. The van der Waals surface area contributed by atoms with Crippen LogP contribution in [0.25, 0.3) is 0 Å². The van der Waals surface area contributed by atoms with Gasteiger partial charge in [0.05, 0.1) is 0 Å². The van der Waals surface area contributed by atoms with Crippen molar-refractivity contribution < 1.29 is 19.1 Å². The van der Waals surface area contributed by atoms with Gasteiger partial charge in [-0.3, -0.25) is 14.4 Å². The monoisotopic (exact) mass is 427 g/mol. The Bertz CT molecular complexity index is 716. The molecule has 170 valence electrons. The number of amides is 1. The molecule has 0 unspecified atom stereocenters. The van der Waals surface area contributed by atoms with Crippen LogP contribution in [0.5, 0.6) is 0 Å². The van der Waals surface area contributed by atoms with Gasteiger partial charge in [-0.25, -0.2) is 0 Å². The Balaban J connectivity index is 0.965. The number of hydrogen-bond donors (Lipinski definition) is 1. The highest BCUT2D eigenvalue weighted by molar-refractivity contribution is 5.89. The normalized spacial score (nSPS) is 46.2. The second kappa shape index (κ2) is 7.31. The van der Waals surface area contributed by atoms with E-state index >= 15 is 0 Å². The minimum absolute atomic E-state index is 0.0219. The molecule has 0 aromatic carbocycles. The van der Waals surface area contributed by atoms with Gasteiger partial charge in [0.1, 0.15) is 6.54 Å². The number of ketones is 1. The fourth-order valence-electron chi connectivity index (χ4n) is 9.88. The van der Waals surface area contributed by atoms with Gasteiger partial charge < -0.3 is 10.1 Å². The Hall–Kier alpha value is -1.39. The molecule has 0 saturated heterocycles. The summed E-state index contributed by atoms with van der Waals surface area (Å²) in [5, 5.41) is 2.79. The summed E-state index contributed by atoms with van der Waals surface area (Å²) in [6, 6.07) is 0. The molecule has 8 saturated carbocycles. The number of carbonyl (C=O) groups excluding carboxylic acids is 3. The third-order valence-electron chi connectivity index (χ3n) is 10.1. The molecule has 0 spiro atoms. The summed E-state index contributed by atoms with van der Waals surface area (Å²) in [4.78, 5) is 37.9. The van der Waals surface area contributed by atoms with Gasteiger partial charge in [0.15, 0.2) is 12.4 Å². The standard InChI is InChI=1S/C26H37NO4/c28-22(26-10-19-4-20(11-26)6-21(5-19)12-26)15-31-24(30)14-27-23(29)13-25-7-16-1-17(8-25)3-18(2-16)9-25/h16-21H,1-15H2,(H,27,29). The predicted molar refractivity (Wildman–Crippen MR) is 115 cm³/mol. The van der Waals surface area contributed by atoms with Crippen LogP contribution in [0.15, 0.2) is 0 Å². The number of nitrogens with one attached hydrogen (secondary N) is 1. The average molecular weight is 428 g/mol. The van der Waals surface area contributed by atoms with E-state index in [4.69, 9.17) is 4.74 Å². The maximum absolute atomic E-state index is 13.0. The Morgan fingerprint density at radius 1 is 0.710 bits per heavy atom. The van der Waals surface area contributed by atoms with E-state index in [9.17, 15) is 14.4 Å². The van der Waals surface area contributed by atoms with Gasteiger partial charge in [-0.15, -0.1) is 0 Å². The van der Waals surface area contributed by atoms with Crippen molar-refractivity contribution in [1.82, 2.24) is 5.32 Å². The van der Waals surface area contributed by atoms with Crippen molar-refractivity contribution >= 4 is 17.7 Å². The van der Waals surface area contributed by atoms with Crippen molar-refractivity contribution in [2.24, 2.45) is 46.3 Å². The topological polar surface area (TPSA) is 72.5 Å². The van der Waals surface area contributed by atoms with Crippen LogP contribution >= 0.6 is 0 Å². The van der Waals surface area contributed by atoms with Crippen LogP contribution in [-0.2, 0) is 19.1 Å². The zero-order chi connectivity index (χ0) is 21.2. The minimum atomic E-state index is -0.475. The van der Waals surface area contributed by atoms with Crippen LogP contribution in [0, 0.1) is 46.3 Å². The van der Waals surface area contributed by atoms with E-state index in [0.29, 0.717) is 24.2 Å². The average Bonchev–Trinajstić information content (AvgIpc) is 2.68. The van der Waals surface area contributed by atoms with E-state index in [0.717, 1.165) is 37.0 Å². The molecule has 0 atom stereocenters. The molecule has 8 rings (SSSR count). The molecule has 31 heavy (non-hydrogen) atoms. The van der Waals surface area contributed by atoms with Crippen molar-refractivity contribution in [2.45, 2.75) is 83.5 Å². The van der Waals surface area contributed by atoms with Crippen LogP contribution in [0.3, 0.4) is 0 Å². The molecular formula is C26H37NO4. The van der Waals surface area contributed by atoms with E-state index in [1.165, 1.54) is 57.8 Å². The van der Waals surface area contributed by atoms with Crippen LogP contribution < -0.4 is 5.32 Å². The summed E-state index contributed by atoms with van der Waals surface area (Å²) in [6.45, 7) is -0.227. The van der Waals surface area contributed by atoms with Crippen molar-refractivity contribution in [1.29, 1.82) is 0 Å². The Kier molecular flexibility index (Phi) is 4.77. The van der Waals surface area contributed by atoms with Gasteiger partial charge in [0.25, 0.3) is 0 Å². The largest absolute Gasteiger partial charge is 0.456 e. The molecule has 0 aliphatic heterocycles. The van der Waals surface area contributed by atoms with Gasteiger partial charge >= 0.3 is 5.97 Å². The van der Waals surface area contributed by atoms with Gasteiger partial charge in [-0.2, -0.15) is 0 Å². The first-order valence-electron chi connectivity index (χ1n) is 12.8. The molecule has 8 aliphatic carbocycles. The Morgan fingerprint density at radius 3 is 1.65 bits per heavy atom. The lowest BCUT2D eigenvalue weighted by Gasteiger charge is -2.56. The molecule has 1 amide bonds. The zero-order valence-corrected chi connectivity index (χ0v) is 18.7. The van der Waals surface area contributed by atoms with Crippen molar-refractivity contribution in [2.75, 3.05) is 13.2 Å². The summed E-state index contributed by atoms with van der Waals surface area (Å²) in [5.41, 5.74) is -0.0476. The number of ether oxygens (including phenoxy) is 1. The lowest BCUT2D eigenvalue weighted by molar-refractivity contribution is -0.157. The SMILES string of the molecule is O=C(CC12CC3CC(CC(C3)C1)C2)NCC(=O)OCC(=O)C12CC3CC(CC(C3)C1)C2. The minimum Gasteiger partial charge on any atom is -0.456 e. The zero-order valence-electron chi connectivity index (χ0n) is 18.7. The number of esters is 1. The molecule has 5 heteroatoms. The molecule has 0 aromatic heterocycles. The Labute approximate surface area is 185 Å². The first-order valence-corrected chi connectivity index (χ1v) is 12.8. The fourth-order valence-corrected chi connectivity index (χ4v) is 9.88. The lowest BCUT2D eigenvalue weighted by Crippen LogP contribution is -2.51. The highest BCUT2D eigenvalue weighted by Crippen LogP contribution is 2.62. The summed E-state index contributed by atoms with van der Waals surface area (Å²) < 4.78 is 5.33. The molecule has 0 radical (unpaired) electrons. The van der Waals surface area contributed by atoms with Crippen molar-refractivity contribution in [3.63, 3.8) is 0 Å². The van der Waals surface area contributed by atoms with Crippen LogP contribution in [0.2, 0.25) is 0 Å². The van der Waals surface area contributed by atoms with Crippen molar-refractivity contribution in [3.05, 3.63) is 0 Å². The molecule has 8 fully saturated rings. The first-order chi connectivity index (χ1) is 14.9. The van der Waals surface area contributed by atoms with Crippen molar-refractivity contribution in [3.8, 4) is 0 Å². The third-order valence-corrected chi connectivity index (χ3v) is 10.1. The molecule has 8 aliphatic rings. The predicted octanol–water partition coefficient (Wildman–Crippen LogP) is 4.04. The highest BCUT2D eigenvalue weighted by atomic mass is 16.5. The maximum atomic E-state index is 13.0. The molecule has 8 bridgehead atoms. The quantitative estimate of drug-likeness (QED) is 0.623. The smallest absolute Gasteiger partial charge is 0.325 e. The van der Waals surface area contributed by atoms with Gasteiger partial charge in [0.2, 0.25) is 5.91 Å². The highest BCUT2D eigenvalue weighted by Gasteiger charge is 2.54. The number of Topliss-reactive ketones (excluding diaryl/α,β-unsaturated/α-hetero) is 1. The molecule has 5 nitrogen and oxygen atoms in total. The third kappa shape index (κ3) is 3.74. The van der Waals surface area contributed by atoms with Crippen LogP contribution in [0.1, 0.15) is 83.5 Å². The van der Waals surface area contributed by atoms with Gasteiger partial charge in [-0.05, 0) is 118 Å². The van der Waals surface area contributed by atoms with E-state index in [1.54, 1.807) is 0 Å². The van der Waals surface area contributed by atoms with E-state index in [-0.39, 0.29) is 35.7 Å². The summed E-state index contributed by atoms with van der Waals surface area (Å²) in [5.74, 6) is 4.20. The van der Waals surface area contributed by atoms with Crippen LogP contribution in [-0.4, -0.2) is 30.8 Å². The fraction of sp³-hybridized carbons (Fsp3) is 0.885. The van der Waals surface area contributed by atoms with E-state index in [1.807, 2.05) is 0 Å². The molecular weight excluding hydrogens is 390 g/mol. The molecule has 1 N–H and O–H groups in total. The summed E-state index contributed by atoms with van der Waals surface area (Å²) >= 11 is 0. The summed E-state index contributed by atoms with van der Waals surface area (Å²) in [6.07, 6.45) is 15.1. The van der Waals surface area contributed by atoms with Crippen LogP contribution in [0.4, 0.5) is 0 Å². The maximum Gasteiger partial charge on any atom is 0.325 e.